The molecule has 0 saturated carbocycles. The van der Waals surface area contributed by atoms with Crippen LogP contribution in [0.2, 0.25) is 0 Å². The lowest BCUT2D eigenvalue weighted by Crippen LogP contribution is -2.52. The van der Waals surface area contributed by atoms with E-state index in [1.54, 1.807) is 13.8 Å². The Morgan fingerprint density at radius 2 is 2.27 bits per heavy atom. The monoisotopic (exact) mass is 216 g/mol. The van der Waals surface area contributed by atoms with Gasteiger partial charge < -0.3 is 20.5 Å². The quantitative estimate of drug-likeness (QED) is 0.609. The zero-order chi connectivity index (χ0) is 11.5. The van der Waals surface area contributed by atoms with Gasteiger partial charge >= 0.3 is 12.0 Å². The van der Waals surface area contributed by atoms with Gasteiger partial charge in [0.2, 0.25) is 0 Å². The van der Waals surface area contributed by atoms with Gasteiger partial charge in [-0.1, -0.05) is 0 Å². The highest BCUT2D eigenvalue weighted by Crippen LogP contribution is 2.28. The summed E-state index contributed by atoms with van der Waals surface area (Å²) in [7, 11) is 0. The van der Waals surface area contributed by atoms with Crippen molar-refractivity contribution in [3.05, 3.63) is 0 Å². The molecule has 0 aromatic heterocycles. The van der Waals surface area contributed by atoms with E-state index in [1.807, 2.05) is 0 Å². The van der Waals surface area contributed by atoms with E-state index in [0.717, 1.165) is 0 Å². The van der Waals surface area contributed by atoms with Crippen molar-refractivity contribution in [2.24, 2.45) is 5.41 Å². The number of aliphatic carboxylic acids is 1. The zero-order valence-corrected chi connectivity index (χ0v) is 8.87. The van der Waals surface area contributed by atoms with Gasteiger partial charge in [-0.25, -0.2) is 4.79 Å². The summed E-state index contributed by atoms with van der Waals surface area (Å²) in [5.74, 6) is -0.957. The molecule has 1 aliphatic rings. The average molecular weight is 216 g/mol. The number of carboxylic acid groups (broad SMARTS) is 1. The van der Waals surface area contributed by atoms with Gasteiger partial charge in [-0.15, -0.1) is 0 Å². The van der Waals surface area contributed by atoms with Crippen LogP contribution in [0.4, 0.5) is 4.79 Å². The normalized spacial score (nSPS) is 29.9. The number of hydrogen-bond donors (Lipinski definition) is 3. The molecule has 1 fully saturated rings. The fourth-order valence-corrected chi connectivity index (χ4v) is 1.45. The molecule has 0 bridgehead atoms. The molecule has 1 saturated heterocycles. The fourth-order valence-electron chi connectivity index (χ4n) is 1.45. The summed E-state index contributed by atoms with van der Waals surface area (Å²) in [5, 5.41) is 14.2. The van der Waals surface area contributed by atoms with Crippen LogP contribution in [0.25, 0.3) is 0 Å². The van der Waals surface area contributed by atoms with Gasteiger partial charge in [0.1, 0.15) is 5.41 Å². The van der Waals surface area contributed by atoms with Crippen molar-refractivity contribution < 1.29 is 19.4 Å². The van der Waals surface area contributed by atoms with Crippen LogP contribution in [-0.4, -0.2) is 42.9 Å². The first-order valence-electron chi connectivity index (χ1n) is 4.86. The fraction of sp³-hybridized carbons (Fsp3) is 0.778. The lowest BCUT2D eigenvalue weighted by Gasteiger charge is -2.25. The Morgan fingerprint density at radius 1 is 1.60 bits per heavy atom. The van der Waals surface area contributed by atoms with Crippen LogP contribution in [-0.2, 0) is 9.53 Å². The molecule has 0 aromatic carbocycles. The molecule has 1 rings (SSSR count). The van der Waals surface area contributed by atoms with Gasteiger partial charge in [-0.2, -0.15) is 0 Å². The van der Waals surface area contributed by atoms with E-state index in [0.29, 0.717) is 6.54 Å². The second-order valence-corrected chi connectivity index (χ2v) is 3.79. The van der Waals surface area contributed by atoms with Gasteiger partial charge in [-0.05, 0) is 13.8 Å². The number of carboxylic acids is 1. The zero-order valence-electron chi connectivity index (χ0n) is 8.87. The number of hydrogen-bond acceptors (Lipinski definition) is 3. The highest BCUT2D eigenvalue weighted by molar-refractivity contribution is 5.79. The molecular formula is C9H16N2O4. The number of carbonyl (C=O) groups is 2. The standard InChI is InChI=1S/C9H16N2O4/c1-3-10-8(14)11-6-4-15-5-9(6,2)7(12)13/h6H,3-5H2,1-2H3,(H,12,13)(H2,10,11,14). The second-order valence-electron chi connectivity index (χ2n) is 3.79. The highest BCUT2D eigenvalue weighted by Gasteiger charge is 2.47. The first-order chi connectivity index (χ1) is 7.00. The minimum Gasteiger partial charge on any atom is -0.481 e. The summed E-state index contributed by atoms with van der Waals surface area (Å²) >= 11 is 0. The minimum absolute atomic E-state index is 0.124. The topological polar surface area (TPSA) is 87.7 Å². The van der Waals surface area contributed by atoms with Crippen LogP contribution in [0.1, 0.15) is 13.8 Å². The van der Waals surface area contributed by atoms with Gasteiger partial charge in [0.15, 0.2) is 0 Å². The lowest BCUT2D eigenvalue weighted by molar-refractivity contribution is -0.148. The lowest BCUT2D eigenvalue weighted by atomic mass is 9.85. The summed E-state index contributed by atoms with van der Waals surface area (Å²) in [4.78, 5) is 22.3. The van der Waals surface area contributed by atoms with E-state index in [4.69, 9.17) is 9.84 Å². The minimum atomic E-state index is -1.04. The molecule has 2 unspecified atom stereocenters. The summed E-state index contributed by atoms with van der Waals surface area (Å²) in [6, 6.07) is -0.845. The number of carbonyl (C=O) groups excluding carboxylic acids is 1. The van der Waals surface area contributed by atoms with E-state index in [9.17, 15) is 9.59 Å². The van der Waals surface area contributed by atoms with E-state index >= 15 is 0 Å². The maximum Gasteiger partial charge on any atom is 0.315 e. The van der Waals surface area contributed by atoms with E-state index in [2.05, 4.69) is 10.6 Å². The van der Waals surface area contributed by atoms with Crippen molar-refractivity contribution >= 4 is 12.0 Å². The summed E-state index contributed by atoms with van der Waals surface area (Å²) in [6.07, 6.45) is 0. The third-order valence-electron chi connectivity index (χ3n) is 2.59. The van der Waals surface area contributed by atoms with Crippen molar-refractivity contribution in [3.63, 3.8) is 0 Å². The van der Waals surface area contributed by atoms with Gasteiger partial charge in [-0.3, -0.25) is 4.79 Å². The Kier molecular flexibility index (Phi) is 3.52. The first-order valence-corrected chi connectivity index (χ1v) is 4.86. The number of amides is 2. The summed E-state index contributed by atoms with van der Waals surface area (Å²) in [6.45, 7) is 4.23. The smallest absolute Gasteiger partial charge is 0.315 e. The molecule has 86 valence electrons. The van der Waals surface area contributed by atoms with Crippen LogP contribution < -0.4 is 10.6 Å². The number of ether oxygens (including phenoxy) is 1. The van der Waals surface area contributed by atoms with E-state index < -0.39 is 17.4 Å². The Hall–Kier alpha value is -1.30. The molecule has 0 radical (unpaired) electrons. The average Bonchev–Trinajstić information content (AvgIpc) is 2.50. The molecule has 0 spiro atoms. The van der Waals surface area contributed by atoms with Crippen LogP contribution in [0.5, 0.6) is 0 Å². The Labute approximate surface area is 88.0 Å². The van der Waals surface area contributed by atoms with E-state index in [1.165, 1.54) is 0 Å². The number of urea groups is 1. The van der Waals surface area contributed by atoms with Crippen molar-refractivity contribution in [1.29, 1.82) is 0 Å². The molecule has 6 heteroatoms. The molecule has 1 aliphatic heterocycles. The van der Waals surface area contributed by atoms with Gasteiger partial charge in [0.25, 0.3) is 0 Å². The Bertz CT molecular complexity index is 269. The highest BCUT2D eigenvalue weighted by atomic mass is 16.5. The predicted molar refractivity (Wildman–Crippen MR) is 52.6 cm³/mol. The van der Waals surface area contributed by atoms with Crippen LogP contribution in [0.3, 0.4) is 0 Å². The molecule has 1 heterocycles. The number of nitrogens with one attached hydrogen (secondary N) is 2. The van der Waals surface area contributed by atoms with Gasteiger partial charge in [0, 0.05) is 6.54 Å². The van der Waals surface area contributed by atoms with E-state index in [-0.39, 0.29) is 19.2 Å². The molecule has 0 aromatic rings. The number of rotatable bonds is 3. The van der Waals surface area contributed by atoms with Gasteiger partial charge in [0.05, 0.1) is 19.3 Å². The predicted octanol–water partition coefficient (Wildman–Crippen LogP) is -0.205. The van der Waals surface area contributed by atoms with Crippen molar-refractivity contribution in [2.45, 2.75) is 19.9 Å². The maximum absolute atomic E-state index is 11.2. The van der Waals surface area contributed by atoms with Crippen molar-refractivity contribution in [2.75, 3.05) is 19.8 Å². The molecule has 2 amide bonds. The molecular weight excluding hydrogens is 200 g/mol. The molecule has 6 nitrogen and oxygen atoms in total. The second kappa shape index (κ2) is 4.48. The summed E-state index contributed by atoms with van der Waals surface area (Å²) < 4.78 is 5.09. The third-order valence-corrected chi connectivity index (χ3v) is 2.59. The molecule has 2 atom stereocenters. The van der Waals surface area contributed by atoms with Crippen LogP contribution in [0, 0.1) is 5.41 Å². The maximum atomic E-state index is 11.2. The molecule has 0 aliphatic carbocycles. The summed E-state index contributed by atoms with van der Waals surface area (Å²) in [5.41, 5.74) is -1.04. The molecule has 3 N–H and O–H groups in total. The van der Waals surface area contributed by atoms with Crippen molar-refractivity contribution in [1.82, 2.24) is 10.6 Å². The Morgan fingerprint density at radius 3 is 2.80 bits per heavy atom. The SMILES string of the molecule is CCNC(=O)NC1COCC1(C)C(=O)O. The van der Waals surface area contributed by atoms with Crippen LogP contribution in [0.15, 0.2) is 0 Å². The first kappa shape index (κ1) is 11.8. The van der Waals surface area contributed by atoms with Crippen molar-refractivity contribution in [3.8, 4) is 0 Å². The largest absolute Gasteiger partial charge is 0.481 e. The third kappa shape index (κ3) is 2.38. The Balaban J connectivity index is 2.61. The molecule has 15 heavy (non-hydrogen) atoms. The van der Waals surface area contributed by atoms with Crippen LogP contribution >= 0.6 is 0 Å².